The third-order valence-corrected chi connectivity index (χ3v) is 6.23. The van der Waals surface area contributed by atoms with Gasteiger partial charge in [-0.2, -0.15) is 0 Å². The van der Waals surface area contributed by atoms with Crippen molar-refractivity contribution in [2.45, 2.75) is 25.7 Å². The van der Waals surface area contributed by atoms with Gasteiger partial charge in [-0.25, -0.2) is 4.39 Å². The lowest BCUT2D eigenvalue weighted by molar-refractivity contribution is 0.547. The summed E-state index contributed by atoms with van der Waals surface area (Å²) < 4.78 is 13.2. The fraction of sp³-hybridized carbons (Fsp3) is 0.333. The predicted molar refractivity (Wildman–Crippen MR) is 95.3 cm³/mol. The number of hydrogen-bond donors (Lipinski definition) is 0. The van der Waals surface area contributed by atoms with Gasteiger partial charge in [0.1, 0.15) is 5.82 Å². The highest BCUT2D eigenvalue weighted by Gasteiger charge is 2.30. The van der Waals surface area contributed by atoms with Crippen molar-refractivity contribution in [1.82, 2.24) is 0 Å². The van der Waals surface area contributed by atoms with Gasteiger partial charge < -0.3 is 0 Å². The van der Waals surface area contributed by atoms with E-state index in [2.05, 4.69) is 63.9 Å². The number of hydrogen-bond acceptors (Lipinski definition) is 0. The molecule has 0 aliphatic rings. The first-order chi connectivity index (χ1) is 10.0. The van der Waals surface area contributed by atoms with Gasteiger partial charge in [-0.3, -0.25) is 0 Å². The maximum absolute atomic E-state index is 13.2. The van der Waals surface area contributed by atoms with Crippen molar-refractivity contribution in [3.63, 3.8) is 0 Å². The Hall–Kier alpha value is -0.670. The molecule has 0 atom stereocenters. The van der Waals surface area contributed by atoms with Gasteiger partial charge in [-0.05, 0) is 54.7 Å². The Bertz CT molecular complexity index is 601. The van der Waals surface area contributed by atoms with E-state index in [0.717, 1.165) is 22.6 Å². The van der Waals surface area contributed by atoms with Crippen LogP contribution in [0.2, 0.25) is 0 Å². The fourth-order valence-corrected chi connectivity index (χ4v) is 4.47. The van der Waals surface area contributed by atoms with Crippen LogP contribution in [0, 0.1) is 19.7 Å². The SMILES string of the molecule is Cc1ccc(CC(CBr)(CBr)c2ccc(F)cc2)cc1C. The first-order valence-corrected chi connectivity index (χ1v) is 9.19. The smallest absolute Gasteiger partial charge is 0.123 e. The van der Waals surface area contributed by atoms with Crippen LogP contribution in [0.1, 0.15) is 22.3 Å². The minimum Gasteiger partial charge on any atom is -0.207 e. The largest absolute Gasteiger partial charge is 0.207 e. The van der Waals surface area contributed by atoms with Crippen LogP contribution >= 0.6 is 31.9 Å². The van der Waals surface area contributed by atoms with E-state index in [0.29, 0.717) is 0 Å². The van der Waals surface area contributed by atoms with Crippen molar-refractivity contribution >= 4 is 31.9 Å². The van der Waals surface area contributed by atoms with Crippen LogP contribution in [0.15, 0.2) is 42.5 Å². The minimum absolute atomic E-state index is 0.0740. The summed E-state index contributed by atoms with van der Waals surface area (Å²) in [5, 5.41) is 1.65. The van der Waals surface area contributed by atoms with Crippen LogP contribution in [0.5, 0.6) is 0 Å². The molecule has 21 heavy (non-hydrogen) atoms. The first-order valence-electron chi connectivity index (χ1n) is 6.95. The van der Waals surface area contributed by atoms with E-state index in [1.807, 2.05) is 12.1 Å². The normalized spacial score (nSPS) is 11.7. The monoisotopic (exact) mass is 412 g/mol. The average molecular weight is 414 g/mol. The summed E-state index contributed by atoms with van der Waals surface area (Å²) in [6.45, 7) is 4.27. The summed E-state index contributed by atoms with van der Waals surface area (Å²) >= 11 is 7.31. The maximum atomic E-state index is 13.2. The highest BCUT2D eigenvalue weighted by atomic mass is 79.9. The average Bonchev–Trinajstić information content (AvgIpc) is 2.49. The minimum atomic E-state index is -0.192. The zero-order valence-corrected chi connectivity index (χ0v) is 15.5. The molecule has 2 aromatic carbocycles. The molecule has 0 aliphatic heterocycles. The predicted octanol–water partition coefficient (Wildman–Crippen LogP) is 5.71. The van der Waals surface area contributed by atoms with Gasteiger partial charge in [0, 0.05) is 16.1 Å². The van der Waals surface area contributed by atoms with Crippen LogP contribution < -0.4 is 0 Å². The Labute approximate surface area is 143 Å². The second-order valence-electron chi connectivity index (χ2n) is 5.65. The van der Waals surface area contributed by atoms with Crippen molar-refractivity contribution in [3.05, 3.63) is 70.5 Å². The van der Waals surface area contributed by atoms with Crippen LogP contribution in [-0.4, -0.2) is 10.7 Å². The Morgan fingerprint density at radius 2 is 1.52 bits per heavy atom. The third-order valence-electron chi connectivity index (χ3n) is 4.08. The molecule has 0 bridgehead atoms. The Balaban J connectivity index is 2.37. The molecule has 0 N–H and O–H groups in total. The number of aryl methyl sites for hydroxylation is 2. The van der Waals surface area contributed by atoms with Gasteiger partial charge in [0.25, 0.3) is 0 Å². The van der Waals surface area contributed by atoms with Crippen LogP contribution in [0.4, 0.5) is 4.39 Å². The number of rotatable bonds is 5. The molecule has 0 radical (unpaired) electrons. The Kier molecular flexibility index (Phi) is 5.61. The quantitative estimate of drug-likeness (QED) is 0.550. The van der Waals surface area contributed by atoms with Gasteiger partial charge in [0.2, 0.25) is 0 Å². The molecular weight excluding hydrogens is 395 g/mol. The van der Waals surface area contributed by atoms with Gasteiger partial charge in [-0.15, -0.1) is 0 Å². The molecule has 0 nitrogen and oxygen atoms in total. The zero-order chi connectivity index (χ0) is 15.5. The molecule has 0 heterocycles. The first kappa shape index (κ1) is 16.7. The molecule has 0 spiro atoms. The summed E-state index contributed by atoms with van der Waals surface area (Å²) in [6, 6.07) is 13.5. The van der Waals surface area contributed by atoms with E-state index in [9.17, 15) is 4.39 Å². The lowest BCUT2D eigenvalue weighted by Crippen LogP contribution is -2.33. The molecule has 2 rings (SSSR count). The molecule has 0 saturated carbocycles. The second-order valence-corrected chi connectivity index (χ2v) is 6.77. The lowest BCUT2D eigenvalue weighted by atomic mass is 9.78. The van der Waals surface area contributed by atoms with Crippen molar-refractivity contribution < 1.29 is 4.39 Å². The number of halogens is 3. The van der Waals surface area contributed by atoms with Gasteiger partial charge in [0.15, 0.2) is 0 Å². The number of benzene rings is 2. The molecule has 0 amide bonds. The van der Waals surface area contributed by atoms with Crippen LogP contribution in [-0.2, 0) is 11.8 Å². The molecule has 112 valence electrons. The van der Waals surface area contributed by atoms with Crippen molar-refractivity contribution in [2.75, 3.05) is 10.7 Å². The summed E-state index contributed by atoms with van der Waals surface area (Å²) in [5.74, 6) is -0.192. The molecule has 3 heteroatoms. The Morgan fingerprint density at radius 1 is 0.905 bits per heavy atom. The Morgan fingerprint density at radius 3 is 2.05 bits per heavy atom. The maximum Gasteiger partial charge on any atom is 0.123 e. The highest BCUT2D eigenvalue weighted by molar-refractivity contribution is 9.09. The molecule has 0 aromatic heterocycles. The van der Waals surface area contributed by atoms with Crippen molar-refractivity contribution in [3.8, 4) is 0 Å². The van der Waals surface area contributed by atoms with Crippen molar-refractivity contribution in [2.24, 2.45) is 0 Å². The standard InChI is InChI=1S/C18H19Br2F/c1-13-3-4-15(9-14(13)2)10-18(11-19,12-20)16-5-7-17(21)8-6-16/h3-9H,10-12H2,1-2H3. The summed E-state index contributed by atoms with van der Waals surface area (Å²) in [6.07, 6.45) is 0.913. The van der Waals surface area contributed by atoms with E-state index in [1.54, 1.807) is 0 Å². The van der Waals surface area contributed by atoms with Crippen molar-refractivity contribution in [1.29, 1.82) is 0 Å². The van der Waals surface area contributed by atoms with Gasteiger partial charge >= 0.3 is 0 Å². The van der Waals surface area contributed by atoms with E-state index in [-0.39, 0.29) is 11.2 Å². The van der Waals surface area contributed by atoms with E-state index in [4.69, 9.17) is 0 Å². The molecule has 0 unspecified atom stereocenters. The van der Waals surface area contributed by atoms with E-state index in [1.165, 1.54) is 28.8 Å². The summed E-state index contributed by atoms with van der Waals surface area (Å²) in [4.78, 5) is 0. The summed E-state index contributed by atoms with van der Waals surface area (Å²) in [5.41, 5.74) is 5.00. The highest BCUT2D eigenvalue weighted by Crippen LogP contribution is 2.33. The van der Waals surface area contributed by atoms with Crippen LogP contribution in [0.25, 0.3) is 0 Å². The molecule has 0 aliphatic carbocycles. The zero-order valence-electron chi connectivity index (χ0n) is 12.3. The van der Waals surface area contributed by atoms with Gasteiger partial charge in [0.05, 0.1) is 0 Å². The van der Waals surface area contributed by atoms with Gasteiger partial charge in [-0.1, -0.05) is 62.2 Å². The molecular formula is C18H19Br2F. The second kappa shape index (κ2) is 7.06. The molecule has 0 fully saturated rings. The fourth-order valence-electron chi connectivity index (χ4n) is 2.49. The lowest BCUT2D eigenvalue weighted by Gasteiger charge is -2.31. The third kappa shape index (κ3) is 3.75. The number of alkyl halides is 2. The molecule has 2 aromatic rings. The van der Waals surface area contributed by atoms with E-state index < -0.39 is 0 Å². The summed E-state index contributed by atoms with van der Waals surface area (Å²) in [7, 11) is 0. The van der Waals surface area contributed by atoms with E-state index >= 15 is 0 Å². The van der Waals surface area contributed by atoms with Crippen LogP contribution in [0.3, 0.4) is 0 Å². The molecule has 0 saturated heterocycles. The topological polar surface area (TPSA) is 0 Å².